The molecule has 1 amide bonds. The maximum atomic E-state index is 12.2. The number of aromatic nitrogens is 2. The van der Waals surface area contributed by atoms with Crippen LogP contribution in [0.25, 0.3) is 0 Å². The van der Waals surface area contributed by atoms with Crippen LogP contribution in [-0.4, -0.2) is 24.5 Å². The van der Waals surface area contributed by atoms with Crippen LogP contribution in [0.3, 0.4) is 0 Å². The van der Waals surface area contributed by atoms with E-state index in [9.17, 15) is 13.2 Å². The van der Waals surface area contributed by atoms with Crippen LogP contribution in [0.5, 0.6) is 0 Å². The Balaban J connectivity index is 2.13. The van der Waals surface area contributed by atoms with Gasteiger partial charge in [0.2, 0.25) is 11.0 Å². The molecule has 9 heteroatoms. The molecule has 1 aromatic heterocycles. The molecule has 1 heterocycles. The molecule has 22 heavy (non-hydrogen) atoms. The Hall–Kier alpha value is -2.00. The van der Waals surface area contributed by atoms with Gasteiger partial charge in [0.05, 0.1) is 0 Å². The van der Waals surface area contributed by atoms with E-state index in [1.165, 1.54) is 6.92 Å². The molecule has 2 aromatic rings. The summed E-state index contributed by atoms with van der Waals surface area (Å²) in [6.45, 7) is 3.39. The largest absolute Gasteiger partial charge is 0.301 e. The van der Waals surface area contributed by atoms with Gasteiger partial charge in [-0.05, 0) is 24.1 Å². The summed E-state index contributed by atoms with van der Waals surface area (Å²) in [5.41, 5.74) is 1.60. The van der Waals surface area contributed by atoms with Gasteiger partial charge in [0.25, 0.3) is 14.4 Å². The van der Waals surface area contributed by atoms with E-state index in [-0.39, 0.29) is 15.4 Å². The number of nitrogens with zero attached hydrogens (tertiary/aromatic N) is 2. The number of sulfonamides is 1. The quantitative estimate of drug-likeness (QED) is 0.785. The minimum absolute atomic E-state index is 0.145. The minimum atomic E-state index is -3.81. The van der Waals surface area contributed by atoms with Crippen LogP contribution in [-0.2, 0) is 21.2 Å². The number of carbonyl (C=O) groups excluding carboxylic acids is 1. The average Bonchev–Trinajstić information content (AvgIpc) is 2.89. The van der Waals surface area contributed by atoms with Crippen molar-refractivity contribution in [2.45, 2.75) is 31.0 Å². The van der Waals surface area contributed by atoms with E-state index in [1.807, 2.05) is 12.1 Å². The fraction of sp³-hybridized carbons (Fsp3) is 0.308. The van der Waals surface area contributed by atoms with Crippen LogP contribution in [0.2, 0.25) is 0 Å². The van der Waals surface area contributed by atoms with E-state index in [4.69, 9.17) is 0 Å². The summed E-state index contributed by atoms with van der Waals surface area (Å²) in [4.78, 5) is 10.9. The van der Waals surface area contributed by atoms with Crippen molar-refractivity contribution in [1.29, 1.82) is 0 Å². The summed E-state index contributed by atoms with van der Waals surface area (Å²) in [5.74, 6) is -0.334. The molecule has 0 saturated carbocycles. The SMILES string of the molecule is CCCc1ccc(NS(=O)(=O)c2nnc(NC(C)=O)s2)cc1. The van der Waals surface area contributed by atoms with Gasteiger partial charge in [-0.1, -0.05) is 36.8 Å². The summed E-state index contributed by atoms with van der Waals surface area (Å²) < 4.78 is 26.6. The van der Waals surface area contributed by atoms with Crippen molar-refractivity contribution in [3.63, 3.8) is 0 Å². The van der Waals surface area contributed by atoms with Gasteiger partial charge in [0.1, 0.15) is 0 Å². The number of benzene rings is 1. The number of rotatable bonds is 6. The Morgan fingerprint density at radius 1 is 1.23 bits per heavy atom. The monoisotopic (exact) mass is 340 g/mol. The van der Waals surface area contributed by atoms with Gasteiger partial charge in [-0.3, -0.25) is 9.52 Å². The van der Waals surface area contributed by atoms with Crippen LogP contribution in [0.4, 0.5) is 10.8 Å². The maximum absolute atomic E-state index is 12.2. The Bertz CT molecular complexity index is 754. The molecule has 2 rings (SSSR count). The van der Waals surface area contributed by atoms with E-state index >= 15 is 0 Å². The van der Waals surface area contributed by atoms with Gasteiger partial charge in [0, 0.05) is 12.6 Å². The molecule has 0 radical (unpaired) electrons. The predicted molar refractivity (Wildman–Crippen MR) is 85.5 cm³/mol. The van der Waals surface area contributed by atoms with Crippen molar-refractivity contribution < 1.29 is 13.2 Å². The fourth-order valence-electron chi connectivity index (χ4n) is 1.75. The number of amides is 1. The molecule has 0 fully saturated rings. The molecule has 0 aliphatic heterocycles. The molecule has 0 spiro atoms. The third-order valence-electron chi connectivity index (χ3n) is 2.66. The van der Waals surface area contributed by atoms with Crippen molar-refractivity contribution in [3.05, 3.63) is 29.8 Å². The number of hydrogen-bond donors (Lipinski definition) is 2. The van der Waals surface area contributed by atoms with Gasteiger partial charge < -0.3 is 5.32 Å². The Kier molecular flexibility index (Phi) is 5.09. The minimum Gasteiger partial charge on any atom is -0.301 e. The second-order valence-corrected chi connectivity index (χ2v) is 7.44. The highest BCUT2D eigenvalue weighted by Gasteiger charge is 2.20. The van der Waals surface area contributed by atoms with E-state index in [2.05, 4.69) is 27.2 Å². The summed E-state index contributed by atoms with van der Waals surface area (Å²) in [7, 11) is -3.81. The van der Waals surface area contributed by atoms with Crippen molar-refractivity contribution in [2.24, 2.45) is 0 Å². The Morgan fingerprint density at radius 2 is 1.91 bits per heavy atom. The number of anilines is 2. The summed E-state index contributed by atoms with van der Waals surface area (Å²) in [6, 6.07) is 7.17. The standard InChI is InChI=1S/C13H16N4O3S2/c1-3-4-10-5-7-11(8-6-10)17-22(19,20)13-16-15-12(21-13)14-9(2)18/h5-8,17H,3-4H2,1-2H3,(H,14,15,18). The molecule has 0 aliphatic rings. The lowest BCUT2D eigenvalue weighted by Gasteiger charge is -2.06. The molecule has 118 valence electrons. The van der Waals surface area contributed by atoms with Crippen molar-refractivity contribution >= 4 is 38.1 Å². The fourth-order valence-corrected chi connectivity index (χ4v) is 3.75. The highest BCUT2D eigenvalue weighted by molar-refractivity contribution is 7.94. The zero-order valence-electron chi connectivity index (χ0n) is 12.2. The number of nitrogens with one attached hydrogen (secondary N) is 2. The lowest BCUT2D eigenvalue weighted by Crippen LogP contribution is -2.12. The molecule has 7 nitrogen and oxygen atoms in total. The van der Waals surface area contributed by atoms with Crippen molar-refractivity contribution in [3.8, 4) is 0 Å². The molecular formula is C13H16N4O3S2. The second-order valence-electron chi connectivity index (χ2n) is 4.61. The molecule has 0 aliphatic carbocycles. The van der Waals surface area contributed by atoms with Crippen LogP contribution < -0.4 is 10.0 Å². The van der Waals surface area contributed by atoms with Gasteiger partial charge in [-0.15, -0.1) is 10.2 Å². The smallest absolute Gasteiger partial charge is 0.291 e. The van der Waals surface area contributed by atoms with Crippen LogP contribution in [0.1, 0.15) is 25.8 Å². The summed E-state index contributed by atoms with van der Waals surface area (Å²) >= 11 is 0.794. The highest BCUT2D eigenvalue weighted by Crippen LogP contribution is 2.22. The molecule has 2 N–H and O–H groups in total. The topological polar surface area (TPSA) is 101 Å². The van der Waals surface area contributed by atoms with Gasteiger partial charge >= 0.3 is 0 Å². The van der Waals surface area contributed by atoms with Crippen molar-refractivity contribution in [2.75, 3.05) is 10.0 Å². The molecule has 0 saturated heterocycles. The molecule has 1 aromatic carbocycles. The van der Waals surface area contributed by atoms with E-state index in [1.54, 1.807) is 12.1 Å². The first-order valence-electron chi connectivity index (χ1n) is 6.63. The van der Waals surface area contributed by atoms with Crippen LogP contribution in [0, 0.1) is 0 Å². The average molecular weight is 340 g/mol. The third kappa shape index (κ3) is 4.25. The third-order valence-corrected chi connectivity index (χ3v) is 5.25. The lowest BCUT2D eigenvalue weighted by atomic mass is 10.1. The van der Waals surface area contributed by atoms with Gasteiger partial charge in [0.15, 0.2) is 0 Å². The van der Waals surface area contributed by atoms with Gasteiger partial charge in [-0.2, -0.15) is 8.42 Å². The molecule has 0 atom stereocenters. The molecular weight excluding hydrogens is 324 g/mol. The Morgan fingerprint density at radius 3 is 2.50 bits per heavy atom. The predicted octanol–water partition coefficient (Wildman–Crippen LogP) is 2.25. The maximum Gasteiger partial charge on any atom is 0.291 e. The second kappa shape index (κ2) is 6.84. The first kappa shape index (κ1) is 16.4. The summed E-state index contributed by atoms with van der Waals surface area (Å²) in [6.07, 6.45) is 1.98. The highest BCUT2D eigenvalue weighted by atomic mass is 32.2. The first-order valence-corrected chi connectivity index (χ1v) is 8.93. The number of hydrogen-bond acceptors (Lipinski definition) is 6. The van der Waals surface area contributed by atoms with E-state index < -0.39 is 10.0 Å². The number of aryl methyl sites for hydroxylation is 1. The molecule has 0 unspecified atom stereocenters. The van der Waals surface area contributed by atoms with E-state index in [0.29, 0.717) is 5.69 Å². The zero-order valence-corrected chi connectivity index (χ0v) is 13.8. The van der Waals surface area contributed by atoms with Crippen LogP contribution in [0.15, 0.2) is 28.6 Å². The van der Waals surface area contributed by atoms with Gasteiger partial charge in [-0.25, -0.2) is 0 Å². The lowest BCUT2D eigenvalue weighted by molar-refractivity contribution is -0.114. The Labute approximate surface area is 132 Å². The molecule has 0 bridgehead atoms. The first-order chi connectivity index (χ1) is 10.4. The van der Waals surface area contributed by atoms with Crippen LogP contribution >= 0.6 is 11.3 Å². The van der Waals surface area contributed by atoms with E-state index in [0.717, 1.165) is 29.7 Å². The summed E-state index contributed by atoms with van der Waals surface area (Å²) in [5, 5.41) is 9.75. The zero-order chi connectivity index (χ0) is 16.2. The van der Waals surface area contributed by atoms with Crippen molar-refractivity contribution in [1.82, 2.24) is 10.2 Å². The normalized spacial score (nSPS) is 11.2. The number of carbonyl (C=O) groups is 1.